The number of benzene rings is 2. The summed E-state index contributed by atoms with van der Waals surface area (Å²) in [6, 6.07) is 15.2. The molecule has 0 fully saturated rings. The van der Waals surface area contributed by atoms with E-state index in [1.54, 1.807) is 0 Å². The maximum atomic E-state index is 4.26. The molecule has 0 aliphatic heterocycles. The Hall–Kier alpha value is -0.990. The molecule has 0 aromatic heterocycles. The molecule has 90 valence electrons. The van der Waals surface area contributed by atoms with Gasteiger partial charge in [-0.3, -0.25) is 0 Å². The van der Waals surface area contributed by atoms with Gasteiger partial charge >= 0.3 is 0 Å². The average Bonchev–Trinajstić information content (AvgIpc) is 2.36. The van der Waals surface area contributed by atoms with Crippen LogP contribution in [0.2, 0.25) is 0 Å². The number of rotatable bonds is 5. The minimum atomic E-state index is 0.923. The Bertz CT molecular complexity index is 476. The molecule has 0 N–H and O–H groups in total. The molecule has 0 radical (unpaired) electrons. The van der Waals surface area contributed by atoms with Crippen molar-refractivity contribution < 1.29 is 0 Å². The highest BCUT2D eigenvalue weighted by molar-refractivity contribution is 7.80. The number of hydrogen-bond acceptors (Lipinski definition) is 2. The summed E-state index contributed by atoms with van der Waals surface area (Å²) < 4.78 is 0. The normalized spacial score (nSPS) is 11.2. The van der Waals surface area contributed by atoms with Gasteiger partial charge in [0.15, 0.2) is 0 Å². The van der Waals surface area contributed by atoms with Crippen LogP contribution in [0.25, 0.3) is 10.8 Å². The first-order valence-electron chi connectivity index (χ1n) is 6.07. The molecule has 0 saturated carbocycles. The Morgan fingerprint density at radius 1 is 1.00 bits per heavy atom. The van der Waals surface area contributed by atoms with Crippen LogP contribution in [0.5, 0.6) is 0 Å². The van der Waals surface area contributed by atoms with Crippen molar-refractivity contribution in [1.82, 2.24) is 4.90 Å². The van der Waals surface area contributed by atoms with E-state index in [1.807, 2.05) is 0 Å². The molecule has 1 nitrogen and oxygen atoms in total. The van der Waals surface area contributed by atoms with E-state index in [9.17, 15) is 0 Å². The standard InChI is InChI=1S/C15H19NS/c1-16(11-12-17)10-9-14-7-4-6-13-5-2-3-8-15(13)14/h2-8,17H,9-12H2,1H3. The fourth-order valence-electron chi connectivity index (χ4n) is 2.10. The molecule has 0 saturated heterocycles. The first-order valence-corrected chi connectivity index (χ1v) is 6.70. The van der Waals surface area contributed by atoms with Gasteiger partial charge in [-0.2, -0.15) is 12.6 Å². The van der Waals surface area contributed by atoms with Crippen molar-refractivity contribution in [2.75, 3.05) is 25.9 Å². The third kappa shape index (κ3) is 3.24. The van der Waals surface area contributed by atoms with E-state index >= 15 is 0 Å². The van der Waals surface area contributed by atoms with Gasteiger partial charge in [0.2, 0.25) is 0 Å². The second-order valence-electron chi connectivity index (χ2n) is 4.42. The van der Waals surface area contributed by atoms with E-state index in [2.05, 4.69) is 67.0 Å². The summed E-state index contributed by atoms with van der Waals surface area (Å²) in [6.45, 7) is 2.14. The van der Waals surface area contributed by atoms with Gasteiger partial charge in [0.05, 0.1) is 0 Å². The van der Waals surface area contributed by atoms with E-state index < -0.39 is 0 Å². The maximum absolute atomic E-state index is 4.26. The van der Waals surface area contributed by atoms with E-state index in [4.69, 9.17) is 0 Å². The predicted octanol–water partition coefficient (Wildman–Crippen LogP) is 3.24. The highest BCUT2D eigenvalue weighted by Crippen LogP contribution is 2.18. The molecule has 2 heteroatoms. The fourth-order valence-corrected chi connectivity index (χ4v) is 2.45. The summed E-state index contributed by atoms with van der Waals surface area (Å²) in [5, 5.41) is 2.72. The molecule has 0 atom stereocenters. The molecule has 2 aromatic carbocycles. The van der Waals surface area contributed by atoms with E-state index in [0.717, 1.165) is 25.3 Å². The molecule has 0 spiro atoms. The molecule has 0 bridgehead atoms. The Morgan fingerprint density at radius 3 is 2.59 bits per heavy atom. The lowest BCUT2D eigenvalue weighted by Gasteiger charge is -2.15. The minimum absolute atomic E-state index is 0.923. The lowest BCUT2D eigenvalue weighted by atomic mass is 10.0. The molecular formula is C15H19NS. The van der Waals surface area contributed by atoms with Crippen LogP contribution in [0.3, 0.4) is 0 Å². The van der Waals surface area contributed by atoms with E-state index in [1.165, 1.54) is 16.3 Å². The van der Waals surface area contributed by atoms with Gasteiger partial charge in [-0.05, 0) is 29.8 Å². The van der Waals surface area contributed by atoms with Crippen molar-refractivity contribution in [3.63, 3.8) is 0 Å². The van der Waals surface area contributed by atoms with Crippen LogP contribution in [0, 0.1) is 0 Å². The topological polar surface area (TPSA) is 3.24 Å². The van der Waals surface area contributed by atoms with Crippen LogP contribution in [-0.4, -0.2) is 30.8 Å². The molecule has 0 aliphatic rings. The van der Waals surface area contributed by atoms with Gasteiger partial charge in [-0.25, -0.2) is 0 Å². The first-order chi connectivity index (χ1) is 8.31. The summed E-state index contributed by atoms with van der Waals surface area (Å²) in [4.78, 5) is 2.33. The van der Waals surface area contributed by atoms with Crippen molar-refractivity contribution in [1.29, 1.82) is 0 Å². The van der Waals surface area contributed by atoms with Gasteiger partial charge in [0.1, 0.15) is 0 Å². The van der Waals surface area contributed by atoms with Crippen LogP contribution in [0.15, 0.2) is 42.5 Å². The lowest BCUT2D eigenvalue weighted by molar-refractivity contribution is 0.361. The lowest BCUT2D eigenvalue weighted by Crippen LogP contribution is -2.23. The monoisotopic (exact) mass is 245 g/mol. The number of likely N-dealkylation sites (N-methyl/N-ethyl adjacent to an activating group) is 1. The van der Waals surface area contributed by atoms with Crippen LogP contribution < -0.4 is 0 Å². The molecule has 2 aromatic rings. The molecule has 2 rings (SSSR count). The van der Waals surface area contributed by atoms with Gasteiger partial charge in [-0.15, -0.1) is 0 Å². The van der Waals surface area contributed by atoms with Gasteiger partial charge in [-0.1, -0.05) is 42.5 Å². The summed E-state index contributed by atoms with van der Waals surface area (Å²) in [5.41, 5.74) is 1.44. The van der Waals surface area contributed by atoms with Crippen molar-refractivity contribution in [3.05, 3.63) is 48.0 Å². The van der Waals surface area contributed by atoms with Crippen molar-refractivity contribution >= 4 is 23.4 Å². The van der Waals surface area contributed by atoms with Crippen molar-refractivity contribution in [2.24, 2.45) is 0 Å². The van der Waals surface area contributed by atoms with Crippen LogP contribution in [0.4, 0.5) is 0 Å². The van der Waals surface area contributed by atoms with Crippen LogP contribution in [0.1, 0.15) is 5.56 Å². The first kappa shape index (κ1) is 12.5. The van der Waals surface area contributed by atoms with Crippen LogP contribution in [-0.2, 0) is 6.42 Å². The molecule has 0 aliphatic carbocycles. The number of hydrogen-bond donors (Lipinski definition) is 1. The summed E-state index contributed by atoms with van der Waals surface area (Å²) in [7, 11) is 2.15. The SMILES string of the molecule is CN(CCS)CCc1cccc2ccccc12. The third-order valence-corrected chi connectivity index (χ3v) is 3.32. The largest absolute Gasteiger partial charge is 0.305 e. The molecule has 0 unspecified atom stereocenters. The van der Waals surface area contributed by atoms with Crippen molar-refractivity contribution in [2.45, 2.75) is 6.42 Å². The predicted molar refractivity (Wildman–Crippen MR) is 79.0 cm³/mol. The zero-order valence-electron chi connectivity index (χ0n) is 10.3. The van der Waals surface area contributed by atoms with E-state index in [-0.39, 0.29) is 0 Å². The molecule has 17 heavy (non-hydrogen) atoms. The molecule has 0 heterocycles. The highest BCUT2D eigenvalue weighted by Gasteiger charge is 2.02. The Kier molecular flexibility index (Phi) is 4.46. The highest BCUT2D eigenvalue weighted by atomic mass is 32.1. The summed E-state index contributed by atoms with van der Waals surface area (Å²) in [5.74, 6) is 0.923. The van der Waals surface area contributed by atoms with Gasteiger partial charge in [0.25, 0.3) is 0 Å². The maximum Gasteiger partial charge on any atom is 0.00669 e. The van der Waals surface area contributed by atoms with Gasteiger partial charge in [0, 0.05) is 18.8 Å². The second kappa shape index (κ2) is 6.08. The molecular weight excluding hydrogens is 226 g/mol. The Balaban J connectivity index is 2.13. The Labute approximate surface area is 109 Å². The zero-order valence-corrected chi connectivity index (χ0v) is 11.2. The quantitative estimate of drug-likeness (QED) is 0.791. The van der Waals surface area contributed by atoms with Gasteiger partial charge < -0.3 is 4.90 Å². The fraction of sp³-hybridized carbons (Fsp3) is 0.333. The summed E-state index contributed by atoms with van der Waals surface area (Å²) in [6.07, 6.45) is 1.10. The number of fused-ring (bicyclic) bond motifs is 1. The zero-order chi connectivity index (χ0) is 12.1. The van der Waals surface area contributed by atoms with Crippen molar-refractivity contribution in [3.8, 4) is 0 Å². The second-order valence-corrected chi connectivity index (χ2v) is 4.86. The summed E-state index contributed by atoms with van der Waals surface area (Å²) >= 11 is 4.26. The molecule has 0 amide bonds. The third-order valence-electron chi connectivity index (χ3n) is 3.12. The Morgan fingerprint density at radius 2 is 1.76 bits per heavy atom. The smallest absolute Gasteiger partial charge is 0.00669 e. The number of thiol groups is 1. The minimum Gasteiger partial charge on any atom is -0.305 e. The number of nitrogens with zero attached hydrogens (tertiary/aromatic N) is 1. The van der Waals surface area contributed by atoms with Crippen LogP contribution >= 0.6 is 12.6 Å². The van der Waals surface area contributed by atoms with E-state index in [0.29, 0.717) is 0 Å². The average molecular weight is 245 g/mol.